The zero-order chi connectivity index (χ0) is 15.5. The van der Waals surface area contributed by atoms with Crippen LogP contribution in [0.15, 0.2) is 47.5 Å². The van der Waals surface area contributed by atoms with Crippen LogP contribution in [-0.4, -0.2) is 34.5 Å². The highest BCUT2D eigenvalue weighted by Gasteiger charge is 2.23. The number of nitrogens with zero attached hydrogens (tertiary/aromatic N) is 3. The summed E-state index contributed by atoms with van der Waals surface area (Å²) in [6.45, 7) is 3.31. The van der Waals surface area contributed by atoms with Crippen LogP contribution >= 0.6 is 11.3 Å². The molecule has 1 fully saturated rings. The van der Waals surface area contributed by atoms with Crippen molar-refractivity contribution < 1.29 is 0 Å². The Bertz CT molecular complexity index is 760. The van der Waals surface area contributed by atoms with E-state index in [0.29, 0.717) is 6.04 Å². The molecule has 1 aliphatic heterocycles. The molecule has 5 heteroatoms. The van der Waals surface area contributed by atoms with E-state index in [1.54, 1.807) is 11.3 Å². The van der Waals surface area contributed by atoms with Crippen LogP contribution in [-0.2, 0) is 0 Å². The lowest BCUT2D eigenvalue weighted by atomic mass is 10.1. The summed E-state index contributed by atoms with van der Waals surface area (Å²) in [7, 11) is 0. The van der Waals surface area contributed by atoms with Gasteiger partial charge in [0.1, 0.15) is 0 Å². The van der Waals surface area contributed by atoms with Crippen molar-refractivity contribution in [2.24, 2.45) is 0 Å². The minimum absolute atomic E-state index is 0.439. The summed E-state index contributed by atoms with van der Waals surface area (Å²) >= 11 is 1.78. The minimum Gasteiger partial charge on any atom is -0.383 e. The first-order chi connectivity index (χ1) is 11.4. The number of thiophene rings is 1. The second-order valence-electron chi connectivity index (χ2n) is 5.95. The SMILES string of the molecule is c1cc2c(NCC(c3ccsc3)N3CCCC3)ccnc2cn1. The Balaban J connectivity index is 1.57. The van der Waals surface area contributed by atoms with Gasteiger partial charge in [-0.2, -0.15) is 11.3 Å². The van der Waals surface area contributed by atoms with Crippen molar-refractivity contribution in [1.82, 2.24) is 14.9 Å². The molecule has 0 radical (unpaired) electrons. The van der Waals surface area contributed by atoms with Crippen molar-refractivity contribution >= 4 is 27.9 Å². The molecule has 0 bridgehead atoms. The molecule has 1 saturated heterocycles. The molecule has 0 aromatic carbocycles. The van der Waals surface area contributed by atoms with Crippen molar-refractivity contribution in [2.45, 2.75) is 18.9 Å². The molecule has 0 saturated carbocycles. The third-order valence-electron chi connectivity index (χ3n) is 4.54. The van der Waals surface area contributed by atoms with Crippen molar-refractivity contribution in [1.29, 1.82) is 0 Å². The average Bonchev–Trinajstić information content (AvgIpc) is 3.29. The fraction of sp³-hybridized carbons (Fsp3) is 0.333. The number of hydrogen-bond acceptors (Lipinski definition) is 5. The topological polar surface area (TPSA) is 41.0 Å². The summed E-state index contributed by atoms with van der Waals surface area (Å²) in [6.07, 6.45) is 8.11. The normalized spacial score (nSPS) is 16.7. The van der Waals surface area contributed by atoms with Gasteiger partial charge in [0.15, 0.2) is 0 Å². The maximum atomic E-state index is 4.39. The molecule has 4 nitrogen and oxygen atoms in total. The van der Waals surface area contributed by atoms with Crippen LogP contribution in [0.25, 0.3) is 10.9 Å². The van der Waals surface area contributed by atoms with Gasteiger partial charge < -0.3 is 5.32 Å². The number of fused-ring (bicyclic) bond motifs is 1. The maximum Gasteiger partial charge on any atom is 0.0905 e. The fourth-order valence-electron chi connectivity index (χ4n) is 3.34. The smallest absolute Gasteiger partial charge is 0.0905 e. The summed E-state index contributed by atoms with van der Waals surface area (Å²) in [5.74, 6) is 0. The molecule has 0 spiro atoms. The van der Waals surface area contributed by atoms with Gasteiger partial charge >= 0.3 is 0 Å². The first-order valence-electron chi connectivity index (χ1n) is 8.10. The van der Waals surface area contributed by atoms with E-state index in [9.17, 15) is 0 Å². The van der Waals surface area contributed by atoms with Gasteiger partial charge in [0.2, 0.25) is 0 Å². The van der Waals surface area contributed by atoms with E-state index in [-0.39, 0.29) is 0 Å². The van der Waals surface area contributed by atoms with Gasteiger partial charge in [0, 0.05) is 30.0 Å². The van der Waals surface area contributed by atoms with Crippen molar-refractivity contribution in [3.63, 3.8) is 0 Å². The number of likely N-dealkylation sites (tertiary alicyclic amines) is 1. The van der Waals surface area contributed by atoms with Gasteiger partial charge in [-0.1, -0.05) is 0 Å². The maximum absolute atomic E-state index is 4.39. The molecular formula is C18H20N4S. The average molecular weight is 324 g/mol. The lowest BCUT2D eigenvalue weighted by Gasteiger charge is -2.28. The Kier molecular flexibility index (Phi) is 4.22. The Morgan fingerprint density at radius 2 is 2.09 bits per heavy atom. The standard InChI is InChI=1S/C18H20N4S/c1-2-9-22(8-1)18(14-5-10-23-13-14)12-21-16-4-7-20-17-11-19-6-3-15(16)17/h3-7,10-11,13,18H,1-2,8-9,12H2,(H,20,21). The molecule has 4 rings (SSSR count). The third kappa shape index (κ3) is 3.07. The minimum atomic E-state index is 0.439. The van der Waals surface area contributed by atoms with Crippen LogP contribution in [0.4, 0.5) is 5.69 Å². The van der Waals surface area contributed by atoms with E-state index in [0.717, 1.165) is 23.1 Å². The van der Waals surface area contributed by atoms with E-state index >= 15 is 0 Å². The highest BCUT2D eigenvalue weighted by atomic mass is 32.1. The van der Waals surface area contributed by atoms with Crippen LogP contribution in [0.1, 0.15) is 24.4 Å². The first kappa shape index (κ1) is 14.6. The predicted octanol–water partition coefficient (Wildman–Crippen LogP) is 3.94. The molecule has 23 heavy (non-hydrogen) atoms. The monoisotopic (exact) mass is 324 g/mol. The van der Waals surface area contributed by atoms with Crippen LogP contribution in [0.2, 0.25) is 0 Å². The van der Waals surface area contributed by atoms with Gasteiger partial charge in [-0.15, -0.1) is 0 Å². The van der Waals surface area contributed by atoms with Crippen molar-refractivity contribution in [3.8, 4) is 0 Å². The number of rotatable bonds is 5. The van der Waals surface area contributed by atoms with Gasteiger partial charge in [0.25, 0.3) is 0 Å². The molecular weight excluding hydrogens is 304 g/mol. The van der Waals surface area contributed by atoms with Crippen LogP contribution < -0.4 is 5.32 Å². The highest BCUT2D eigenvalue weighted by Crippen LogP contribution is 2.28. The molecule has 1 aliphatic rings. The first-order valence-corrected chi connectivity index (χ1v) is 9.05. The Labute approximate surface area is 140 Å². The van der Waals surface area contributed by atoms with Crippen molar-refractivity contribution in [2.75, 3.05) is 25.0 Å². The van der Waals surface area contributed by atoms with Crippen LogP contribution in [0, 0.1) is 0 Å². The molecule has 118 valence electrons. The van der Waals surface area contributed by atoms with Gasteiger partial charge in [0.05, 0.1) is 17.8 Å². The lowest BCUT2D eigenvalue weighted by molar-refractivity contribution is 0.256. The number of aromatic nitrogens is 2. The molecule has 3 aromatic heterocycles. The Morgan fingerprint density at radius 1 is 1.17 bits per heavy atom. The van der Waals surface area contributed by atoms with E-state index in [4.69, 9.17) is 0 Å². The summed E-state index contributed by atoms with van der Waals surface area (Å²) in [6, 6.07) is 6.77. The zero-order valence-electron chi connectivity index (χ0n) is 13.0. The van der Waals surface area contributed by atoms with Crippen LogP contribution in [0.5, 0.6) is 0 Å². The fourth-order valence-corrected chi connectivity index (χ4v) is 4.04. The highest BCUT2D eigenvalue weighted by molar-refractivity contribution is 7.07. The summed E-state index contributed by atoms with van der Waals surface area (Å²) in [5.41, 5.74) is 3.49. The zero-order valence-corrected chi connectivity index (χ0v) is 13.8. The quantitative estimate of drug-likeness (QED) is 0.772. The molecule has 3 aromatic rings. The Hall–Kier alpha value is -1.98. The second-order valence-corrected chi connectivity index (χ2v) is 6.73. The molecule has 4 heterocycles. The number of anilines is 1. The number of hydrogen-bond donors (Lipinski definition) is 1. The van der Waals surface area contributed by atoms with Gasteiger partial charge in [-0.25, -0.2) is 0 Å². The lowest BCUT2D eigenvalue weighted by Crippen LogP contribution is -2.30. The van der Waals surface area contributed by atoms with Crippen LogP contribution in [0.3, 0.4) is 0 Å². The third-order valence-corrected chi connectivity index (χ3v) is 5.24. The van der Waals surface area contributed by atoms with E-state index < -0.39 is 0 Å². The second kappa shape index (κ2) is 6.64. The number of pyridine rings is 2. The van der Waals surface area contributed by atoms with E-state index in [2.05, 4.69) is 43.1 Å². The van der Waals surface area contributed by atoms with E-state index in [1.807, 2.05) is 24.7 Å². The van der Waals surface area contributed by atoms with Crippen molar-refractivity contribution in [3.05, 3.63) is 53.1 Å². The molecule has 1 unspecified atom stereocenters. The number of nitrogens with one attached hydrogen (secondary N) is 1. The molecule has 0 amide bonds. The van der Waals surface area contributed by atoms with E-state index in [1.165, 1.54) is 31.5 Å². The summed E-state index contributed by atoms with van der Waals surface area (Å²) < 4.78 is 0. The predicted molar refractivity (Wildman–Crippen MR) is 95.9 cm³/mol. The van der Waals surface area contributed by atoms with Gasteiger partial charge in [-0.05, 0) is 60.5 Å². The molecule has 1 N–H and O–H groups in total. The largest absolute Gasteiger partial charge is 0.383 e. The summed E-state index contributed by atoms with van der Waals surface area (Å²) in [4.78, 5) is 11.1. The summed E-state index contributed by atoms with van der Waals surface area (Å²) in [5, 5.41) is 9.23. The Morgan fingerprint density at radius 3 is 2.91 bits per heavy atom. The van der Waals surface area contributed by atoms with Gasteiger partial charge in [-0.3, -0.25) is 14.9 Å². The molecule has 0 aliphatic carbocycles. The molecule has 1 atom stereocenters.